The molecule has 2 rings (SSSR count). The third-order valence-corrected chi connectivity index (χ3v) is 5.48. The van der Waals surface area contributed by atoms with Crippen LogP contribution in [0, 0.1) is 0 Å². The Morgan fingerprint density at radius 3 is 2.43 bits per heavy atom. The molecule has 6 nitrogen and oxygen atoms in total. The number of sulfonamides is 1. The molecule has 0 bridgehead atoms. The van der Waals surface area contributed by atoms with Crippen LogP contribution in [0.25, 0.3) is 0 Å². The molecule has 0 radical (unpaired) electrons. The van der Waals surface area contributed by atoms with E-state index in [1.165, 1.54) is 25.3 Å². The van der Waals surface area contributed by atoms with Crippen molar-refractivity contribution in [2.45, 2.75) is 18.0 Å². The molecule has 0 saturated heterocycles. The number of methoxy groups -OCH3 is 1. The third kappa shape index (κ3) is 4.94. The normalized spacial score (nSPS) is 11.9. The molecule has 11 heteroatoms. The van der Waals surface area contributed by atoms with Crippen molar-refractivity contribution in [3.63, 3.8) is 0 Å². The van der Waals surface area contributed by atoms with Gasteiger partial charge in [0.25, 0.3) is 5.91 Å². The van der Waals surface area contributed by atoms with E-state index >= 15 is 0 Å². The number of alkyl halides is 3. The number of rotatable bonds is 6. The Morgan fingerprint density at radius 1 is 1.18 bits per heavy atom. The van der Waals surface area contributed by atoms with Gasteiger partial charge < -0.3 is 10.1 Å². The van der Waals surface area contributed by atoms with Crippen molar-refractivity contribution in [3.8, 4) is 5.75 Å². The van der Waals surface area contributed by atoms with Crippen LogP contribution in [0.2, 0.25) is 5.02 Å². The lowest BCUT2D eigenvalue weighted by atomic mass is 10.1. The zero-order valence-electron chi connectivity index (χ0n) is 14.7. The van der Waals surface area contributed by atoms with Gasteiger partial charge in [0.1, 0.15) is 10.6 Å². The lowest BCUT2D eigenvalue weighted by molar-refractivity contribution is -0.137. The summed E-state index contributed by atoms with van der Waals surface area (Å²) < 4.78 is 70.7. The molecule has 1 amide bonds. The summed E-state index contributed by atoms with van der Waals surface area (Å²) in [7, 11) is -2.66. The fourth-order valence-electron chi connectivity index (χ4n) is 2.32. The van der Waals surface area contributed by atoms with Crippen molar-refractivity contribution in [2.75, 3.05) is 19.0 Å². The molecule has 0 aliphatic rings. The van der Waals surface area contributed by atoms with E-state index in [4.69, 9.17) is 16.3 Å². The van der Waals surface area contributed by atoms with Gasteiger partial charge in [-0.2, -0.15) is 13.2 Å². The second-order valence-corrected chi connectivity index (χ2v) is 7.66. The Bertz CT molecular complexity index is 994. The maximum absolute atomic E-state index is 12.9. The van der Waals surface area contributed by atoms with E-state index in [2.05, 4.69) is 10.0 Å². The summed E-state index contributed by atoms with van der Waals surface area (Å²) in [6.07, 6.45) is -4.69. The van der Waals surface area contributed by atoms with Crippen molar-refractivity contribution in [3.05, 3.63) is 52.5 Å². The highest BCUT2D eigenvalue weighted by atomic mass is 35.5. The quantitative estimate of drug-likeness (QED) is 0.719. The van der Waals surface area contributed by atoms with Crippen molar-refractivity contribution in [1.82, 2.24) is 4.72 Å². The minimum atomic E-state index is -4.69. The molecule has 152 valence electrons. The average molecular weight is 437 g/mol. The van der Waals surface area contributed by atoms with Gasteiger partial charge in [0.2, 0.25) is 10.0 Å². The van der Waals surface area contributed by atoms with Crippen LogP contribution in [0.1, 0.15) is 22.8 Å². The Kier molecular flexibility index (Phi) is 6.58. The van der Waals surface area contributed by atoms with E-state index in [0.29, 0.717) is 6.07 Å². The zero-order chi connectivity index (χ0) is 21.1. The van der Waals surface area contributed by atoms with Gasteiger partial charge in [-0.3, -0.25) is 4.79 Å². The number of hydrogen-bond acceptors (Lipinski definition) is 4. The van der Waals surface area contributed by atoms with E-state index in [0.717, 1.165) is 12.1 Å². The van der Waals surface area contributed by atoms with E-state index in [1.54, 1.807) is 6.92 Å². The van der Waals surface area contributed by atoms with Gasteiger partial charge in [0, 0.05) is 17.8 Å². The third-order valence-electron chi connectivity index (χ3n) is 3.58. The van der Waals surface area contributed by atoms with Gasteiger partial charge in [-0.25, -0.2) is 13.1 Å². The van der Waals surface area contributed by atoms with Crippen LogP contribution < -0.4 is 14.8 Å². The van der Waals surface area contributed by atoms with Crippen LogP contribution >= 0.6 is 11.6 Å². The van der Waals surface area contributed by atoms with Crippen LogP contribution in [0.3, 0.4) is 0 Å². The second kappa shape index (κ2) is 8.38. The molecule has 2 aromatic rings. The molecule has 0 spiro atoms. The SMILES string of the molecule is CCNS(=O)(=O)c1cc(C(=O)Nc2ccc(Cl)c(C(F)(F)F)c2)ccc1OC. The highest BCUT2D eigenvalue weighted by Crippen LogP contribution is 2.36. The molecule has 2 N–H and O–H groups in total. The van der Waals surface area contributed by atoms with E-state index in [-0.39, 0.29) is 28.4 Å². The number of benzene rings is 2. The van der Waals surface area contributed by atoms with Crippen LogP contribution in [-0.2, 0) is 16.2 Å². The number of carbonyl (C=O) groups excluding carboxylic acids is 1. The number of ether oxygens (including phenoxy) is 1. The first-order valence-electron chi connectivity index (χ1n) is 7.85. The Hall–Kier alpha value is -2.30. The lowest BCUT2D eigenvalue weighted by Gasteiger charge is -2.13. The second-order valence-electron chi connectivity index (χ2n) is 5.51. The lowest BCUT2D eigenvalue weighted by Crippen LogP contribution is -2.24. The highest BCUT2D eigenvalue weighted by Gasteiger charge is 2.33. The van der Waals surface area contributed by atoms with Gasteiger partial charge in [0.15, 0.2) is 0 Å². The smallest absolute Gasteiger partial charge is 0.417 e. The molecule has 2 aromatic carbocycles. The topological polar surface area (TPSA) is 84.5 Å². The van der Waals surface area contributed by atoms with Crippen LogP contribution in [0.4, 0.5) is 18.9 Å². The number of anilines is 1. The fraction of sp³-hybridized carbons (Fsp3) is 0.235. The summed E-state index contributed by atoms with van der Waals surface area (Å²) in [5, 5.41) is 1.79. The summed E-state index contributed by atoms with van der Waals surface area (Å²) >= 11 is 5.55. The van der Waals surface area contributed by atoms with Gasteiger partial charge in [-0.1, -0.05) is 18.5 Å². The summed E-state index contributed by atoms with van der Waals surface area (Å²) in [5.74, 6) is -0.783. The maximum Gasteiger partial charge on any atom is 0.417 e. The fourth-order valence-corrected chi connectivity index (χ4v) is 3.78. The van der Waals surface area contributed by atoms with E-state index in [9.17, 15) is 26.4 Å². The van der Waals surface area contributed by atoms with Crippen molar-refractivity contribution in [1.29, 1.82) is 0 Å². The molecule has 0 saturated carbocycles. The molecule has 0 fully saturated rings. The summed E-state index contributed by atoms with van der Waals surface area (Å²) in [6.45, 7) is 1.70. The van der Waals surface area contributed by atoms with Crippen LogP contribution in [-0.4, -0.2) is 28.0 Å². The van der Waals surface area contributed by atoms with E-state index < -0.39 is 32.7 Å². The Morgan fingerprint density at radius 2 is 1.86 bits per heavy atom. The van der Waals surface area contributed by atoms with E-state index in [1.807, 2.05) is 0 Å². The summed E-state index contributed by atoms with van der Waals surface area (Å²) in [5.41, 5.74) is -1.33. The molecular formula is C17H16ClF3N2O4S. The van der Waals surface area contributed by atoms with Crippen LogP contribution in [0.5, 0.6) is 5.75 Å². The number of hydrogen-bond donors (Lipinski definition) is 2. The van der Waals surface area contributed by atoms with Gasteiger partial charge >= 0.3 is 6.18 Å². The molecule has 0 atom stereocenters. The summed E-state index contributed by atoms with van der Waals surface area (Å²) in [6, 6.07) is 6.55. The molecular weight excluding hydrogens is 421 g/mol. The predicted octanol–water partition coefficient (Wildman–Crippen LogP) is 3.92. The van der Waals surface area contributed by atoms with Crippen molar-refractivity contribution in [2.24, 2.45) is 0 Å². The molecule has 0 aliphatic heterocycles. The average Bonchev–Trinajstić information content (AvgIpc) is 2.61. The maximum atomic E-state index is 12.9. The first kappa shape index (κ1) is 22.0. The van der Waals surface area contributed by atoms with Gasteiger partial charge in [-0.15, -0.1) is 0 Å². The van der Waals surface area contributed by atoms with Gasteiger partial charge in [-0.05, 0) is 36.4 Å². The Labute approximate surface area is 164 Å². The molecule has 0 unspecified atom stereocenters. The molecule has 0 heterocycles. The highest BCUT2D eigenvalue weighted by molar-refractivity contribution is 7.89. The van der Waals surface area contributed by atoms with Gasteiger partial charge in [0.05, 0.1) is 17.7 Å². The number of halogens is 4. The predicted molar refractivity (Wildman–Crippen MR) is 98.3 cm³/mol. The monoisotopic (exact) mass is 436 g/mol. The largest absolute Gasteiger partial charge is 0.495 e. The first-order chi connectivity index (χ1) is 13.0. The molecule has 0 aliphatic carbocycles. The standard InChI is InChI=1S/C17H16ClF3N2O4S/c1-3-22-28(25,26)15-8-10(4-7-14(15)27-2)16(24)23-11-5-6-13(18)12(9-11)17(19,20)21/h4-9,22H,3H2,1-2H3,(H,23,24). The molecule has 0 aromatic heterocycles. The molecule has 28 heavy (non-hydrogen) atoms. The first-order valence-corrected chi connectivity index (χ1v) is 9.71. The minimum Gasteiger partial charge on any atom is -0.495 e. The number of amides is 1. The van der Waals surface area contributed by atoms with Crippen molar-refractivity contribution >= 4 is 33.2 Å². The zero-order valence-corrected chi connectivity index (χ0v) is 16.3. The Balaban J connectivity index is 2.38. The van der Waals surface area contributed by atoms with Crippen molar-refractivity contribution < 1.29 is 31.1 Å². The summed E-state index contributed by atoms with van der Waals surface area (Å²) in [4.78, 5) is 12.1. The van der Waals surface area contributed by atoms with Crippen LogP contribution in [0.15, 0.2) is 41.3 Å². The number of nitrogens with one attached hydrogen (secondary N) is 2. The number of carbonyl (C=O) groups is 1. The minimum absolute atomic E-state index is 0.0170.